The largest absolute Gasteiger partial charge is 0.342 e. The fourth-order valence-electron chi connectivity index (χ4n) is 2.55. The Morgan fingerprint density at radius 2 is 2.05 bits per heavy atom. The lowest BCUT2D eigenvalue weighted by Crippen LogP contribution is -2.43. The third kappa shape index (κ3) is 5.40. The summed E-state index contributed by atoms with van der Waals surface area (Å²) in [7, 11) is -2.91. The van der Waals surface area contributed by atoms with Gasteiger partial charge in [-0.15, -0.1) is 0 Å². The summed E-state index contributed by atoms with van der Waals surface area (Å²) in [5.74, 6) is 0.453. The van der Waals surface area contributed by atoms with Crippen molar-refractivity contribution in [2.75, 3.05) is 31.1 Å². The van der Waals surface area contributed by atoms with Crippen LogP contribution in [0.4, 0.5) is 0 Å². The van der Waals surface area contributed by atoms with Gasteiger partial charge in [0.15, 0.2) is 9.84 Å². The number of nitrogens with two attached hydrogens (primary N) is 1. The summed E-state index contributed by atoms with van der Waals surface area (Å²) in [4.78, 5) is 14.2. The number of sulfone groups is 1. The van der Waals surface area contributed by atoms with E-state index >= 15 is 0 Å². The third-order valence-electron chi connectivity index (χ3n) is 3.81. The van der Waals surface area contributed by atoms with E-state index in [2.05, 4.69) is 0 Å². The van der Waals surface area contributed by atoms with Crippen LogP contribution in [0.1, 0.15) is 40.0 Å². The zero-order chi connectivity index (χ0) is 15.4. The Morgan fingerprint density at radius 1 is 1.40 bits per heavy atom. The van der Waals surface area contributed by atoms with Crippen molar-refractivity contribution in [3.05, 3.63) is 0 Å². The molecule has 1 saturated heterocycles. The first-order chi connectivity index (χ1) is 9.19. The molecular formula is C14H28N2O3S. The van der Waals surface area contributed by atoms with Gasteiger partial charge in [-0.2, -0.15) is 0 Å². The van der Waals surface area contributed by atoms with E-state index in [1.807, 2.05) is 25.7 Å². The number of hydrogen-bond acceptors (Lipinski definition) is 4. The van der Waals surface area contributed by atoms with Gasteiger partial charge in [0.05, 0.1) is 11.5 Å². The Hall–Kier alpha value is -0.620. The van der Waals surface area contributed by atoms with E-state index in [1.54, 1.807) is 0 Å². The molecule has 0 aromatic rings. The molecule has 6 heteroatoms. The molecule has 2 N–H and O–H groups in total. The summed E-state index contributed by atoms with van der Waals surface area (Å²) in [5, 5.41) is 0. The predicted octanol–water partition coefficient (Wildman–Crippen LogP) is 1.03. The lowest BCUT2D eigenvalue weighted by Gasteiger charge is -2.32. The molecule has 0 aromatic carbocycles. The molecule has 1 rings (SSSR count). The second kappa shape index (κ2) is 6.89. The number of nitrogens with zero attached hydrogens (tertiary/aromatic N) is 1. The molecule has 1 aliphatic heterocycles. The zero-order valence-electron chi connectivity index (χ0n) is 12.9. The Bertz CT molecular complexity index is 432. The van der Waals surface area contributed by atoms with E-state index in [0.29, 0.717) is 32.5 Å². The standard InChI is InChI=1S/C14H28N2O3S/c1-4-6-16(11-14(2,3)10-15)13(17)8-12-5-7-20(18,19)9-12/h12H,4-11,15H2,1-3H3. The van der Waals surface area contributed by atoms with Gasteiger partial charge in [0.2, 0.25) is 5.91 Å². The summed E-state index contributed by atoms with van der Waals surface area (Å²) < 4.78 is 22.9. The molecule has 1 fully saturated rings. The molecule has 118 valence electrons. The van der Waals surface area contributed by atoms with Gasteiger partial charge >= 0.3 is 0 Å². The first-order valence-electron chi connectivity index (χ1n) is 7.37. The normalized spacial score (nSPS) is 21.9. The molecule has 20 heavy (non-hydrogen) atoms. The molecule has 1 aliphatic rings. The highest BCUT2D eigenvalue weighted by Gasteiger charge is 2.31. The molecule has 0 aromatic heterocycles. The van der Waals surface area contributed by atoms with Gasteiger partial charge in [-0.1, -0.05) is 20.8 Å². The van der Waals surface area contributed by atoms with Crippen LogP contribution in [0, 0.1) is 11.3 Å². The van der Waals surface area contributed by atoms with Crippen molar-refractivity contribution < 1.29 is 13.2 Å². The first-order valence-corrected chi connectivity index (χ1v) is 9.19. The molecule has 0 saturated carbocycles. The molecule has 5 nitrogen and oxygen atoms in total. The average Bonchev–Trinajstić information content (AvgIpc) is 2.68. The number of hydrogen-bond donors (Lipinski definition) is 1. The van der Waals surface area contributed by atoms with Crippen molar-refractivity contribution in [3.8, 4) is 0 Å². The second-order valence-corrected chi connectivity index (χ2v) is 8.89. The highest BCUT2D eigenvalue weighted by molar-refractivity contribution is 7.91. The number of carbonyl (C=O) groups excluding carboxylic acids is 1. The van der Waals surface area contributed by atoms with Crippen molar-refractivity contribution in [2.24, 2.45) is 17.1 Å². The van der Waals surface area contributed by atoms with Crippen molar-refractivity contribution >= 4 is 15.7 Å². The number of amides is 1. The second-order valence-electron chi connectivity index (χ2n) is 6.66. The van der Waals surface area contributed by atoms with E-state index in [9.17, 15) is 13.2 Å². The maximum absolute atomic E-state index is 12.4. The molecule has 0 radical (unpaired) electrons. The van der Waals surface area contributed by atoms with Crippen molar-refractivity contribution in [3.63, 3.8) is 0 Å². The summed E-state index contributed by atoms with van der Waals surface area (Å²) in [6.45, 7) is 8.00. The Labute approximate surface area is 122 Å². The predicted molar refractivity (Wildman–Crippen MR) is 81.1 cm³/mol. The molecule has 1 atom stereocenters. The quantitative estimate of drug-likeness (QED) is 0.762. The van der Waals surface area contributed by atoms with Gasteiger partial charge in [-0.25, -0.2) is 8.42 Å². The fourth-order valence-corrected chi connectivity index (χ4v) is 4.41. The minimum absolute atomic E-state index is 0.00663. The van der Waals surface area contributed by atoms with Crippen LogP contribution in [0.5, 0.6) is 0 Å². The van der Waals surface area contributed by atoms with E-state index in [4.69, 9.17) is 5.73 Å². The minimum Gasteiger partial charge on any atom is -0.342 e. The molecular weight excluding hydrogens is 276 g/mol. The highest BCUT2D eigenvalue weighted by Crippen LogP contribution is 2.23. The van der Waals surface area contributed by atoms with Gasteiger partial charge in [0.1, 0.15) is 0 Å². The van der Waals surface area contributed by atoms with Gasteiger partial charge in [-0.3, -0.25) is 4.79 Å². The maximum atomic E-state index is 12.4. The van der Waals surface area contributed by atoms with Crippen LogP contribution in [0.15, 0.2) is 0 Å². The number of rotatable bonds is 7. The summed E-state index contributed by atoms with van der Waals surface area (Å²) >= 11 is 0. The lowest BCUT2D eigenvalue weighted by molar-refractivity contribution is -0.133. The van der Waals surface area contributed by atoms with Gasteiger partial charge in [0.25, 0.3) is 0 Å². The average molecular weight is 304 g/mol. The smallest absolute Gasteiger partial charge is 0.222 e. The SMILES string of the molecule is CCCN(CC(C)(C)CN)C(=O)CC1CCS(=O)(=O)C1. The maximum Gasteiger partial charge on any atom is 0.222 e. The molecule has 0 aliphatic carbocycles. The topological polar surface area (TPSA) is 80.5 Å². The van der Waals surface area contributed by atoms with Gasteiger partial charge in [-0.05, 0) is 30.7 Å². The van der Waals surface area contributed by atoms with Crippen LogP contribution in [-0.2, 0) is 14.6 Å². The highest BCUT2D eigenvalue weighted by atomic mass is 32.2. The lowest BCUT2D eigenvalue weighted by atomic mass is 9.92. The van der Waals surface area contributed by atoms with Crippen LogP contribution in [0.2, 0.25) is 0 Å². The zero-order valence-corrected chi connectivity index (χ0v) is 13.7. The molecule has 0 spiro atoms. The van der Waals surface area contributed by atoms with Crippen LogP contribution in [0.25, 0.3) is 0 Å². The van der Waals surface area contributed by atoms with E-state index in [-0.39, 0.29) is 28.7 Å². The summed E-state index contributed by atoms with van der Waals surface area (Å²) in [6, 6.07) is 0. The van der Waals surface area contributed by atoms with Gasteiger partial charge in [0, 0.05) is 19.5 Å². The van der Waals surface area contributed by atoms with E-state index < -0.39 is 9.84 Å². The van der Waals surface area contributed by atoms with Gasteiger partial charge < -0.3 is 10.6 Å². The fraction of sp³-hybridized carbons (Fsp3) is 0.929. The molecule has 1 unspecified atom stereocenters. The Morgan fingerprint density at radius 3 is 2.50 bits per heavy atom. The Kier molecular flexibility index (Phi) is 6.01. The Balaban J connectivity index is 2.61. The van der Waals surface area contributed by atoms with Crippen molar-refractivity contribution in [1.82, 2.24) is 4.90 Å². The van der Waals surface area contributed by atoms with E-state index in [0.717, 1.165) is 6.42 Å². The summed E-state index contributed by atoms with van der Waals surface area (Å²) in [6.07, 6.45) is 1.86. The van der Waals surface area contributed by atoms with Crippen LogP contribution < -0.4 is 5.73 Å². The third-order valence-corrected chi connectivity index (χ3v) is 5.64. The van der Waals surface area contributed by atoms with Crippen molar-refractivity contribution in [1.29, 1.82) is 0 Å². The van der Waals surface area contributed by atoms with E-state index in [1.165, 1.54) is 0 Å². The molecule has 1 amide bonds. The minimum atomic E-state index is -2.91. The number of carbonyl (C=O) groups is 1. The molecule has 1 heterocycles. The molecule has 0 bridgehead atoms. The monoisotopic (exact) mass is 304 g/mol. The van der Waals surface area contributed by atoms with Crippen LogP contribution >= 0.6 is 0 Å². The van der Waals surface area contributed by atoms with Crippen LogP contribution in [-0.4, -0.2) is 50.4 Å². The summed E-state index contributed by atoms with van der Waals surface area (Å²) in [5.41, 5.74) is 5.63. The van der Waals surface area contributed by atoms with Crippen molar-refractivity contribution in [2.45, 2.75) is 40.0 Å². The van der Waals surface area contributed by atoms with Crippen LogP contribution in [0.3, 0.4) is 0 Å². The first kappa shape index (κ1) is 17.4.